The van der Waals surface area contributed by atoms with Crippen molar-refractivity contribution >= 4 is 33.5 Å². The molecule has 0 saturated heterocycles. The van der Waals surface area contributed by atoms with Crippen LogP contribution in [-0.4, -0.2) is 21.1 Å². The molecule has 32 heavy (non-hydrogen) atoms. The molecule has 3 rings (SSSR count). The first kappa shape index (κ1) is 23.1. The zero-order chi connectivity index (χ0) is 22.8. The summed E-state index contributed by atoms with van der Waals surface area (Å²) < 4.78 is 32.8. The monoisotopic (exact) mass is 450 g/mol. The Balaban J connectivity index is 1.72. The van der Waals surface area contributed by atoms with Gasteiger partial charge in [0.25, 0.3) is 10.0 Å². The van der Waals surface area contributed by atoms with Crippen LogP contribution in [0.25, 0.3) is 6.08 Å². The van der Waals surface area contributed by atoms with E-state index >= 15 is 0 Å². The van der Waals surface area contributed by atoms with Crippen LogP contribution in [0.1, 0.15) is 25.3 Å². The molecule has 0 aromatic heterocycles. The van der Waals surface area contributed by atoms with E-state index in [1.54, 1.807) is 72.8 Å². The fourth-order valence-electron chi connectivity index (χ4n) is 2.92. The summed E-state index contributed by atoms with van der Waals surface area (Å²) in [6, 6.07) is 24.0. The predicted octanol–water partition coefficient (Wildman–Crippen LogP) is 5.71. The number of sulfonamides is 1. The van der Waals surface area contributed by atoms with Gasteiger partial charge in [-0.25, -0.2) is 17.9 Å². The average Bonchev–Trinajstić information content (AvgIpc) is 2.80. The largest absolute Gasteiger partial charge is 0.494 e. The second kappa shape index (κ2) is 11.2. The van der Waals surface area contributed by atoms with E-state index in [2.05, 4.69) is 11.6 Å². The van der Waals surface area contributed by atoms with Gasteiger partial charge < -0.3 is 4.74 Å². The van der Waals surface area contributed by atoms with Gasteiger partial charge in [0.1, 0.15) is 5.75 Å². The van der Waals surface area contributed by atoms with Gasteiger partial charge in [-0.05, 0) is 54.5 Å². The quantitative estimate of drug-likeness (QED) is 0.424. The van der Waals surface area contributed by atoms with Crippen LogP contribution in [0.5, 0.6) is 5.75 Å². The molecular weight excluding hydrogens is 424 g/mol. The second-order valence-electron chi connectivity index (χ2n) is 7.03. The van der Waals surface area contributed by atoms with E-state index in [0.29, 0.717) is 23.5 Å². The highest BCUT2D eigenvalue weighted by molar-refractivity contribution is 7.93. The maximum Gasteiger partial charge on any atom is 0.340 e. The Labute approximate surface area is 189 Å². The summed E-state index contributed by atoms with van der Waals surface area (Å²) in [5.74, 6) is 0.730. The van der Waals surface area contributed by atoms with Crippen molar-refractivity contribution in [2.45, 2.75) is 19.8 Å². The molecule has 0 heterocycles. The van der Waals surface area contributed by atoms with Crippen LogP contribution in [0.15, 0.2) is 90.3 Å². The lowest BCUT2D eigenvalue weighted by Crippen LogP contribution is -2.39. The lowest BCUT2D eigenvalue weighted by Gasteiger charge is -2.22. The van der Waals surface area contributed by atoms with E-state index in [9.17, 15) is 13.2 Å². The lowest BCUT2D eigenvalue weighted by molar-refractivity contribution is 0.253. The number of nitrogens with one attached hydrogen (secondary N) is 1. The van der Waals surface area contributed by atoms with Crippen molar-refractivity contribution in [1.29, 1.82) is 0 Å². The molecule has 0 unspecified atom stereocenters. The normalized spacial score (nSPS) is 11.3. The van der Waals surface area contributed by atoms with Crippen LogP contribution >= 0.6 is 0 Å². The minimum Gasteiger partial charge on any atom is -0.494 e. The highest BCUT2D eigenvalue weighted by atomic mass is 32.2. The summed E-state index contributed by atoms with van der Waals surface area (Å²) in [4.78, 5) is 14.2. The summed E-state index contributed by atoms with van der Waals surface area (Å²) >= 11 is 0. The van der Waals surface area contributed by atoms with Crippen molar-refractivity contribution in [3.05, 3.63) is 95.9 Å². The van der Waals surface area contributed by atoms with Gasteiger partial charge in [0.15, 0.2) is 0 Å². The second-order valence-corrected chi connectivity index (χ2v) is 8.60. The summed E-state index contributed by atoms with van der Waals surface area (Å²) in [6.45, 7) is 2.74. The van der Waals surface area contributed by atoms with Crippen LogP contribution in [0, 0.1) is 0 Å². The van der Waals surface area contributed by atoms with Gasteiger partial charge in [-0.3, -0.25) is 4.90 Å². The van der Waals surface area contributed by atoms with Gasteiger partial charge in [-0.2, -0.15) is 0 Å². The fraction of sp³-hybridized carbons (Fsp3) is 0.160. The van der Waals surface area contributed by atoms with Crippen molar-refractivity contribution in [3.63, 3.8) is 0 Å². The Hall–Kier alpha value is -3.58. The van der Waals surface area contributed by atoms with Crippen molar-refractivity contribution < 1.29 is 17.9 Å². The molecule has 0 radical (unpaired) electrons. The number of carbonyl (C=O) groups excluding carboxylic acids is 1. The summed E-state index contributed by atoms with van der Waals surface area (Å²) in [6.07, 6.45) is 3.46. The minimum atomic E-state index is -4.02. The van der Waals surface area contributed by atoms with Crippen LogP contribution in [0.4, 0.5) is 16.2 Å². The molecule has 0 aliphatic rings. The third-order valence-electron chi connectivity index (χ3n) is 4.55. The van der Waals surface area contributed by atoms with E-state index in [1.807, 2.05) is 12.1 Å². The molecular formula is C25H26N2O4S. The Morgan fingerprint density at radius 3 is 2.00 bits per heavy atom. The molecule has 2 amide bonds. The van der Waals surface area contributed by atoms with E-state index < -0.39 is 16.1 Å². The fourth-order valence-corrected chi connectivity index (χ4v) is 3.66. The number of hydrogen-bond acceptors (Lipinski definition) is 4. The van der Waals surface area contributed by atoms with Gasteiger partial charge in [0.05, 0.1) is 23.4 Å². The van der Waals surface area contributed by atoms with E-state index in [-0.39, 0.29) is 0 Å². The highest BCUT2D eigenvalue weighted by Crippen LogP contribution is 2.25. The highest BCUT2D eigenvalue weighted by Gasteiger charge is 2.21. The first-order valence-corrected chi connectivity index (χ1v) is 11.9. The first-order chi connectivity index (χ1) is 15.5. The molecule has 0 aliphatic heterocycles. The average molecular weight is 451 g/mol. The third kappa shape index (κ3) is 6.72. The van der Waals surface area contributed by atoms with Crippen molar-refractivity contribution in [1.82, 2.24) is 4.72 Å². The van der Waals surface area contributed by atoms with Gasteiger partial charge in [-0.15, -0.1) is 0 Å². The van der Waals surface area contributed by atoms with E-state index in [0.717, 1.165) is 24.0 Å². The Kier molecular flexibility index (Phi) is 8.05. The molecule has 1 N–H and O–H groups in total. The summed E-state index contributed by atoms with van der Waals surface area (Å²) in [5, 5.41) is 0.978. The van der Waals surface area contributed by atoms with Gasteiger partial charge in [0.2, 0.25) is 0 Å². The Morgan fingerprint density at radius 1 is 0.906 bits per heavy atom. The number of anilines is 2. The predicted molar refractivity (Wildman–Crippen MR) is 128 cm³/mol. The molecule has 3 aromatic carbocycles. The minimum absolute atomic E-state index is 0.550. The third-order valence-corrected chi connectivity index (χ3v) is 5.50. The van der Waals surface area contributed by atoms with Gasteiger partial charge in [-0.1, -0.05) is 61.9 Å². The Morgan fingerprint density at radius 2 is 1.47 bits per heavy atom. The van der Waals surface area contributed by atoms with E-state index in [4.69, 9.17) is 4.74 Å². The van der Waals surface area contributed by atoms with Gasteiger partial charge in [0, 0.05) is 0 Å². The molecule has 7 heteroatoms. The number of ether oxygens (including phenoxy) is 1. The molecule has 0 saturated carbocycles. The molecule has 3 aromatic rings. The van der Waals surface area contributed by atoms with Crippen LogP contribution in [0.2, 0.25) is 0 Å². The number of carbonyl (C=O) groups is 1. The maximum atomic E-state index is 12.9. The molecule has 0 bridgehead atoms. The van der Waals surface area contributed by atoms with Crippen molar-refractivity contribution in [2.24, 2.45) is 0 Å². The van der Waals surface area contributed by atoms with E-state index in [1.165, 1.54) is 11.0 Å². The molecule has 0 fully saturated rings. The molecule has 0 atom stereocenters. The maximum absolute atomic E-state index is 12.9. The zero-order valence-corrected chi connectivity index (χ0v) is 18.7. The lowest BCUT2D eigenvalue weighted by atomic mass is 10.2. The molecule has 166 valence electrons. The summed E-state index contributed by atoms with van der Waals surface area (Å²) in [5.41, 5.74) is 1.77. The molecule has 6 nitrogen and oxygen atoms in total. The van der Waals surface area contributed by atoms with Crippen molar-refractivity contribution in [2.75, 3.05) is 11.5 Å². The number of urea groups is 1. The SMILES string of the molecule is CCCCOc1ccc(/C=C/S(=O)(=O)NC(=O)N(c2ccccc2)c2ccccc2)cc1. The number of hydrogen-bond donors (Lipinski definition) is 1. The topological polar surface area (TPSA) is 75.7 Å². The number of amides is 2. The number of rotatable bonds is 9. The van der Waals surface area contributed by atoms with Crippen molar-refractivity contribution in [3.8, 4) is 5.75 Å². The summed E-state index contributed by atoms with van der Waals surface area (Å²) in [7, 11) is -4.02. The Bertz CT molecular complexity index is 1090. The molecule has 0 spiro atoms. The number of para-hydroxylation sites is 2. The molecule has 0 aliphatic carbocycles. The van der Waals surface area contributed by atoms with Crippen LogP contribution in [0.3, 0.4) is 0 Å². The van der Waals surface area contributed by atoms with Crippen LogP contribution in [-0.2, 0) is 10.0 Å². The number of benzene rings is 3. The number of nitrogens with zero attached hydrogens (tertiary/aromatic N) is 1. The number of unbranched alkanes of at least 4 members (excludes halogenated alkanes) is 1. The van der Waals surface area contributed by atoms with Gasteiger partial charge >= 0.3 is 6.03 Å². The zero-order valence-electron chi connectivity index (χ0n) is 17.8. The smallest absolute Gasteiger partial charge is 0.340 e. The first-order valence-electron chi connectivity index (χ1n) is 10.4. The van der Waals surface area contributed by atoms with Crippen LogP contribution < -0.4 is 14.4 Å². The standard InChI is InChI=1S/C25H26N2O4S/c1-2-3-19-31-24-16-14-21(15-17-24)18-20-32(29,30)26-25(28)27(22-10-6-4-7-11-22)23-12-8-5-9-13-23/h4-18,20H,2-3,19H2,1H3,(H,26,28)/b20-18+.